The largest absolute Gasteiger partial charge is 0.574 e. The van der Waals surface area contributed by atoms with Crippen molar-refractivity contribution in [2.45, 2.75) is 19.0 Å². The Morgan fingerprint density at radius 1 is 1.05 bits per heavy atom. The smallest absolute Gasteiger partial charge is 0.385 e. The minimum absolute atomic E-state index is 0.225. The molecule has 0 saturated carbocycles. The number of rotatable bonds is 2. The highest BCUT2D eigenvalue weighted by molar-refractivity contribution is 5.34. The first kappa shape index (κ1) is 15.4. The van der Waals surface area contributed by atoms with E-state index in [1.54, 1.807) is 0 Å². The van der Waals surface area contributed by atoms with Gasteiger partial charge in [-0.15, -0.1) is 13.2 Å². The Morgan fingerprint density at radius 2 is 1.58 bits per heavy atom. The molecular weight excluding hydrogens is 297 g/mol. The average Bonchev–Trinajstić information content (AvgIpc) is 2.16. The Bertz CT molecular complexity index is 465. The van der Waals surface area contributed by atoms with Gasteiger partial charge >= 0.3 is 12.5 Å². The van der Waals surface area contributed by atoms with E-state index in [4.69, 9.17) is 0 Å². The van der Waals surface area contributed by atoms with E-state index in [2.05, 4.69) is 9.72 Å². The lowest BCUT2D eigenvalue weighted by molar-refractivity contribution is -0.277. The summed E-state index contributed by atoms with van der Waals surface area (Å²) in [6.45, 7) is 0. The molecule has 0 bridgehead atoms. The normalized spacial score (nSPS) is 12.9. The SMILES string of the molecule is Fc1c(OC(F)(F)F)ncc(C(F)F)c1C(F)(F)F. The van der Waals surface area contributed by atoms with Crippen molar-refractivity contribution in [3.05, 3.63) is 23.1 Å². The standard InChI is InChI=1S/C8H2F9NO/c9-4-3(7(12,13)14)2(5(10)11)1-18-6(4)19-8(15,16)17/h1,5H. The van der Waals surface area contributed by atoms with Crippen molar-refractivity contribution in [3.8, 4) is 5.88 Å². The second-order valence-corrected chi connectivity index (χ2v) is 3.05. The van der Waals surface area contributed by atoms with E-state index in [0.717, 1.165) is 0 Å². The van der Waals surface area contributed by atoms with E-state index in [-0.39, 0.29) is 6.20 Å². The van der Waals surface area contributed by atoms with Crippen molar-refractivity contribution in [2.75, 3.05) is 0 Å². The van der Waals surface area contributed by atoms with Crippen LogP contribution in [0.4, 0.5) is 39.5 Å². The van der Waals surface area contributed by atoms with Crippen LogP contribution in [-0.2, 0) is 6.18 Å². The fraction of sp³-hybridized carbons (Fsp3) is 0.375. The Morgan fingerprint density at radius 3 is 1.95 bits per heavy atom. The minimum atomic E-state index is -5.62. The lowest BCUT2D eigenvalue weighted by Gasteiger charge is -2.15. The maximum atomic E-state index is 13.2. The first-order chi connectivity index (χ1) is 8.43. The summed E-state index contributed by atoms with van der Waals surface area (Å²) in [5, 5.41) is 0. The zero-order valence-corrected chi connectivity index (χ0v) is 8.41. The summed E-state index contributed by atoms with van der Waals surface area (Å²) in [6.07, 6.45) is -15.1. The fourth-order valence-electron chi connectivity index (χ4n) is 1.12. The fourth-order valence-corrected chi connectivity index (χ4v) is 1.12. The van der Waals surface area contributed by atoms with Crippen LogP contribution in [0.2, 0.25) is 0 Å². The molecule has 1 rings (SSSR count). The molecule has 0 aliphatic carbocycles. The molecule has 0 unspecified atom stereocenters. The van der Waals surface area contributed by atoms with Gasteiger partial charge in [-0.2, -0.15) is 13.2 Å². The van der Waals surface area contributed by atoms with Crippen molar-refractivity contribution in [2.24, 2.45) is 0 Å². The van der Waals surface area contributed by atoms with Crippen molar-refractivity contribution in [1.82, 2.24) is 4.98 Å². The quantitative estimate of drug-likeness (QED) is 0.768. The first-order valence-corrected chi connectivity index (χ1v) is 4.23. The highest BCUT2D eigenvalue weighted by atomic mass is 19.4. The molecule has 1 aromatic rings. The maximum Gasteiger partial charge on any atom is 0.574 e. The van der Waals surface area contributed by atoms with Gasteiger partial charge in [-0.3, -0.25) is 0 Å². The van der Waals surface area contributed by atoms with E-state index < -0.39 is 41.8 Å². The van der Waals surface area contributed by atoms with Crippen molar-refractivity contribution >= 4 is 0 Å². The molecule has 0 aliphatic heterocycles. The highest BCUT2D eigenvalue weighted by Gasteiger charge is 2.43. The van der Waals surface area contributed by atoms with Gasteiger partial charge in [-0.05, 0) is 0 Å². The third-order valence-corrected chi connectivity index (χ3v) is 1.75. The number of pyridine rings is 1. The van der Waals surface area contributed by atoms with Gasteiger partial charge in [0.25, 0.3) is 12.3 Å². The number of alkyl halides is 8. The van der Waals surface area contributed by atoms with Crippen LogP contribution in [-0.4, -0.2) is 11.3 Å². The van der Waals surface area contributed by atoms with Gasteiger partial charge in [0.2, 0.25) is 0 Å². The summed E-state index contributed by atoms with van der Waals surface area (Å²) in [4.78, 5) is 2.46. The van der Waals surface area contributed by atoms with Crippen LogP contribution in [0.5, 0.6) is 5.88 Å². The molecule has 0 radical (unpaired) electrons. The molecule has 0 amide bonds. The Kier molecular flexibility index (Phi) is 3.87. The summed E-state index contributed by atoms with van der Waals surface area (Å²) >= 11 is 0. The molecule has 0 aromatic carbocycles. The number of nitrogens with zero attached hydrogens (tertiary/aromatic N) is 1. The van der Waals surface area contributed by atoms with Crippen LogP contribution in [0.1, 0.15) is 17.6 Å². The van der Waals surface area contributed by atoms with Gasteiger partial charge in [0.05, 0.1) is 5.56 Å². The minimum Gasteiger partial charge on any atom is -0.385 e. The van der Waals surface area contributed by atoms with E-state index in [1.807, 2.05) is 0 Å². The summed E-state index contributed by atoms with van der Waals surface area (Å²) in [5.74, 6) is -4.73. The molecule has 0 aliphatic rings. The van der Waals surface area contributed by atoms with Gasteiger partial charge < -0.3 is 4.74 Å². The summed E-state index contributed by atoms with van der Waals surface area (Å²) in [6, 6.07) is 0. The molecule has 19 heavy (non-hydrogen) atoms. The number of hydrogen-bond donors (Lipinski definition) is 0. The van der Waals surface area contributed by atoms with Crippen LogP contribution in [0.15, 0.2) is 6.20 Å². The molecule has 0 N–H and O–H groups in total. The van der Waals surface area contributed by atoms with Crippen molar-refractivity contribution in [1.29, 1.82) is 0 Å². The third-order valence-electron chi connectivity index (χ3n) is 1.75. The molecule has 1 heterocycles. The number of ether oxygens (including phenoxy) is 1. The highest BCUT2D eigenvalue weighted by Crippen LogP contribution is 2.40. The number of halogens is 9. The van der Waals surface area contributed by atoms with E-state index in [1.165, 1.54) is 0 Å². The molecule has 108 valence electrons. The molecule has 2 nitrogen and oxygen atoms in total. The first-order valence-electron chi connectivity index (χ1n) is 4.23. The molecule has 0 saturated heterocycles. The van der Waals surface area contributed by atoms with E-state index in [0.29, 0.717) is 0 Å². The molecule has 0 fully saturated rings. The van der Waals surface area contributed by atoms with Gasteiger partial charge in [0.1, 0.15) is 5.56 Å². The second kappa shape index (κ2) is 4.78. The van der Waals surface area contributed by atoms with Gasteiger partial charge in [-0.25, -0.2) is 18.2 Å². The summed E-state index contributed by atoms with van der Waals surface area (Å²) in [5.41, 5.74) is -4.42. The molecule has 0 atom stereocenters. The van der Waals surface area contributed by atoms with Crippen LogP contribution >= 0.6 is 0 Å². The lowest BCUT2D eigenvalue weighted by Crippen LogP contribution is -2.21. The molecule has 11 heteroatoms. The summed E-state index contributed by atoms with van der Waals surface area (Å²) in [7, 11) is 0. The van der Waals surface area contributed by atoms with Gasteiger partial charge in [-0.1, -0.05) is 0 Å². The van der Waals surface area contributed by atoms with Crippen LogP contribution in [0, 0.1) is 5.82 Å². The number of hydrogen-bond acceptors (Lipinski definition) is 2. The zero-order chi connectivity index (χ0) is 15.0. The van der Waals surface area contributed by atoms with Crippen LogP contribution < -0.4 is 4.74 Å². The number of aromatic nitrogens is 1. The maximum absolute atomic E-state index is 13.2. The monoisotopic (exact) mass is 299 g/mol. The van der Waals surface area contributed by atoms with E-state index >= 15 is 0 Å². The third kappa shape index (κ3) is 3.64. The average molecular weight is 299 g/mol. The van der Waals surface area contributed by atoms with Crippen LogP contribution in [0.3, 0.4) is 0 Å². The molecule has 0 spiro atoms. The summed E-state index contributed by atoms with van der Waals surface area (Å²) < 4.78 is 113. The lowest BCUT2D eigenvalue weighted by atomic mass is 10.1. The molecule has 1 aromatic heterocycles. The Hall–Kier alpha value is -1.68. The second-order valence-electron chi connectivity index (χ2n) is 3.05. The van der Waals surface area contributed by atoms with Crippen molar-refractivity contribution < 1.29 is 44.3 Å². The van der Waals surface area contributed by atoms with E-state index in [9.17, 15) is 39.5 Å². The van der Waals surface area contributed by atoms with Gasteiger partial charge in [0, 0.05) is 6.20 Å². The predicted molar refractivity (Wildman–Crippen MR) is 40.8 cm³/mol. The Balaban J connectivity index is 3.43. The topological polar surface area (TPSA) is 22.1 Å². The zero-order valence-electron chi connectivity index (χ0n) is 8.41. The van der Waals surface area contributed by atoms with Crippen LogP contribution in [0.25, 0.3) is 0 Å². The Labute approximate surface area is 98.3 Å². The predicted octanol–water partition coefficient (Wildman–Crippen LogP) is 4.08. The molecular formula is C8H2F9NO. The van der Waals surface area contributed by atoms with Crippen molar-refractivity contribution in [3.63, 3.8) is 0 Å². The van der Waals surface area contributed by atoms with Gasteiger partial charge in [0.15, 0.2) is 5.82 Å².